The van der Waals surface area contributed by atoms with Gasteiger partial charge in [0, 0.05) is 5.69 Å². The molecule has 2 rings (SSSR count). The Morgan fingerprint density at radius 2 is 2.05 bits per heavy atom. The summed E-state index contributed by atoms with van der Waals surface area (Å²) in [7, 11) is 0. The Kier molecular flexibility index (Phi) is 3.37. The molecule has 0 saturated carbocycles. The van der Waals surface area contributed by atoms with E-state index in [1.807, 2.05) is 32.0 Å². The number of hydrogen-bond donors (Lipinski definition) is 3. The van der Waals surface area contributed by atoms with E-state index in [1.54, 1.807) is 0 Å². The standard InChI is InChI=1S/C14H15N3O2/c1-8-3-4-9(2)12(5-8)17-13-6-10(14(18)19)11(15)7-16-13/h3-7H,15H2,1-2H3,(H,16,17)(H,18,19). The van der Waals surface area contributed by atoms with E-state index in [2.05, 4.69) is 10.3 Å². The van der Waals surface area contributed by atoms with Crippen LogP contribution in [-0.2, 0) is 0 Å². The number of nitrogen functional groups attached to an aromatic ring is 1. The zero-order valence-corrected chi connectivity index (χ0v) is 10.8. The lowest BCUT2D eigenvalue weighted by Gasteiger charge is -2.11. The molecular formula is C14H15N3O2. The number of aromatic nitrogens is 1. The zero-order chi connectivity index (χ0) is 14.0. The van der Waals surface area contributed by atoms with E-state index >= 15 is 0 Å². The number of carboxylic acids is 1. The summed E-state index contributed by atoms with van der Waals surface area (Å²) in [5, 5.41) is 12.1. The van der Waals surface area contributed by atoms with Gasteiger partial charge < -0.3 is 16.2 Å². The van der Waals surface area contributed by atoms with Crippen LogP contribution < -0.4 is 11.1 Å². The first-order valence-corrected chi connectivity index (χ1v) is 5.80. The summed E-state index contributed by atoms with van der Waals surface area (Å²) in [6.45, 7) is 3.96. The third-order valence-electron chi connectivity index (χ3n) is 2.82. The summed E-state index contributed by atoms with van der Waals surface area (Å²) < 4.78 is 0. The lowest BCUT2D eigenvalue weighted by molar-refractivity contribution is 0.0698. The summed E-state index contributed by atoms with van der Waals surface area (Å²) in [6, 6.07) is 7.42. The van der Waals surface area contributed by atoms with E-state index in [-0.39, 0.29) is 11.3 Å². The summed E-state index contributed by atoms with van der Waals surface area (Å²) in [4.78, 5) is 15.1. The fourth-order valence-electron chi connectivity index (χ4n) is 1.73. The number of carboxylic acid groups (broad SMARTS) is 1. The highest BCUT2D eigenvalue weighted by Gasteiger charge is 2.10. The van der Waals surface area contributed by atoms with Gasteiger partial charge in [-0.1, -0.05) is 12.1 Å². The van der Waals surface area contributed by atoms with Crippen molar-refractivity contribution in [3.8, 4) is 0 Å². The van der Waals surface area contributed by atoms with Crippen molar-refractivity contribution in [1.82, 2.24) is 4.98 Å². The van der Waals surface area contributed by atoms with Crippen LogP contribution in [0.4, 0.5) is 17.2 Å². The van der Waals surface area contributed by atoms with Crippen molar-refractivity contribution in [1.29, 1.82) is 0 Å². The Morgan fingerprint density at radius 3 is 2.74 bits per heavy atom. The molecule has 98 valence electrons. The molecule has 1 heterocycles. The van der Waals surface area contributed by atoms with Crippen LogP contribution in [0.1, 0.15) is 21.5 Å². The van der Waals surface area contributed by atoms with Gasteiger partial charge in [0.05, 0.1) is 17.4 Å². The van der Waals surface area contributed by atoms with E-state index in [9.17, 15) is 4.79 Å². The molecule has 4 N–H and O–H groups in total. The summed E-state index contributed by atoms with van der Waals surface area (Å²) in [6.07, 6.45) is 1.34. The fourth-order valence-corrected chi connectivity index (χ4v) is 1.73. The number of rotatable bonds is 3. The number of nitrogens with one attached hydrogen (secondary N) is 1. The fraction of sp³-hybridized carbons (Fsp3) is 0.143. The van der Waals surface area contributed by atoms with Crippen LogP contribution >= 0.6 is 0 Å². The van der Waals surface area contributed by atoms with E-state index < -0.39 is 5.97 Å². The number of aromatic carboxylic acids is 1. The Labute approximate surface area is 111 Å². The number of hydrogen-bond acceptors (Lipinski definition) is 4. The molecule has 0 saturated heterocycles. The minimum Gasteiger partial charge on any atom is -0.478 e. The van der Waals surface area contributed by atoms with Crippen molar-refractivity contribution in [3.05, 3.63) is 47.2 Å². The van der Waals surface area contributed by atoms with Crippen LogP contribution in [-0.4, -0.2) is 16.1 Å². The van der Waals surface area contributed by atoms with Gasteiger partial charge in [0.25, 0.3) is 0 Å². The van der Waals surface area contributed by atoms with Crippen molar-refractivity contribution in [2.24, 2.45) is 0 Å². The normalized spacial score (nSPS) is 10.2. The Hall–Kier alpha value is -2.56. The van der Waals surface area contributed by atoms with Gasteiger partial charge in [-0.25, -0.2) is 9.78 Å². The van der Waals surface area contributed by atoms with Crippen LogP contribution in [0, 0.1) is 13.8 Å². The second-order valence-corrected chi connectivity index (χ2v) is 4.41. The van der Waals surface area contributed by atoms with Crippen LogP contribution in [0.5, 0.6) is 0 Å². The van der Waals surface area contributed by atoms with Crippen molar-refractivity contribution in [2.45, 2.75) is 13.8 Å². The van der Waals surface area contributed by atoms with Gasteiger partial charge in [-0.2, -0.15) is 0 Å². The minimum absolute atomic E-state index is 0.0443. The van der Waals surface area contributed by atoms with E-state index in [1.165, 1.54) is 12.3 Å². The first-order valence-electron chi connectivity index (χ1n) is 5.80. The third kappa shape index (κ3) is 2.82. The highest BCUT2D eigenvalue weighted by molar-refractivity contribution is 5.94. The van der Waals surface area contributed by atoms with Crippen LogP contribution in [0.25, 0.3) is 0 Å². The lowest BCUT2D eigenvalue weighted by Crippen LogP contribution is -2.05. The molecule has 1 aromatic heterocycles. The number of nitrogens with two attached hydrogens (primary N) is 1. The average Bonchev–Trinajstić information content (AvgIpc) is 2.36. The third-order valence-corrected chi connectivity index (χ3v) is 2.82. The number of nitrogens with zero attached hydrogens (tertiary/aromatic N) is 1. The van der Waals surface area contributed by atoms with E-state index in [4.69, 9.17) is 10.8 Å². The molecular weight excluding hydrogens is 242 g/mol. The number of anilines is 3. The molecule has 0 fully saturated rings. The predicted octanol–water partition coefficient (Wildman–Crippen LogP) is 2.72. The quantitative estimate of drug-likeness (QED) is 0.786. The SMILES string of the molecule is Cc1ccc(C)c(Nc2cc(C(=O)O)c(N)cn2)c1. The van der Waals surface area contributed by atoms with Gasteiger partial charge in [-0.15, -0.1) is 0 Å². The van der Waals surface area contributed by atoms with Gasteiger partial charge in [0.2, 0.25) is 0 Å². The average molecular weight is 257 g/mol. The minimum atomic E-state index is -1.07. The van der Waals surface area contributed by atoms with E-state index in [0.29, 0.717) is 5.82 Å². The molecule has 0 amide bonds. The molecule has 19 heavy (non-hydrogen) atoms. The molecule has 0 atom stereocenters. The van der Waals surface area contributed by atoms with Crippen molar-refractivity contribution < 1.29 is 9.90 Å². The maximum Gasteiger partial charge on any atom is 0.337 e. The summed E-state index contributed by atoms with van der Waals surface area (Å²) in [5.41, 5.74) is 8.83. The molecule has 5 nitrogen and oxygen atoms in total. The van der Waals surface area contributed by atoms with E-state index in [0.717, 1.165) is 16.8 Å². The van der Waals surface area contributed by atoms with Gasteiger partial charge in [0.1, 0.15) is 5.82 Å². The molecule has 0 unspecified atom stereocenters. The molecule has 1 aromatic carbocycles. The van der Waals surface area contributed by atoms with Crippen LogP contribution in [0.15, 0.2) is 30.5 Å². The molecule has 2 aromatic rings. The molecule has 0 spiro atoms. The Balaban J connectivity index is 2.36. The van der Waals surface area contributed by atoms with Gasteiger partial charge in [-0.3, -0.25) is 0 Å². The Bertz CT molecular complexity index is 639. The number of benzene rings is 1. The van der Waals surface area contributed by atoms with Crippen molar-refractivity contribution in [2.75, 3.05) is 11.1 Å². The topological polar surface area (TPSA) is 88.2 Å². The van der Waals surface area contributed by atoms with Crippen LogP contribution in [0.3, 0.4) is 0 Å². The second-order valence-electron chi connectivity index (χ2n) is 4.41. The van der Waals surface area contributed by atoms with Gasteiger partial charge in [0.15, 0.2) is 0 Å². The molecule has 0 bridgehead atoms. The first-order chi connectivity index (χ1) is 8.97. The van der Waals surface area contributed by atoms with Crippen LogP contribution in [0.2, 0.25) is 0 Å². The highest BCUT2D eigenvalue weighted by atomic mass is 16.4. The Morgan fingerprint density at radius 1 is 1.32 bits per heavy atom. The monoisotopic (exact) mass is 257 g/mol. The zero-order valence-electron chi connectivity index (χ0n) is 10.8. The second kappa shape index (κ2) is 4.97. The summed E-state index contributed by atoms with van der Waals surface area (Å²) >= 11 is 0. The predicted molar refractivity (Wildman–Crippen MR) is 74.8 cm³/mol. The highest BCUT2D eigenvalue weighted by Crippen LogP contribution is 2.22. The first kappa shape index (κ1) is 12.9. The van der Waals surface area contributed by atoms with Crippen molar-refractivity contribution >= 4 is 23.2 Å². The molecule has 0 aliphatic heterocycles. The molecule has 0 aliphatic rings. The van der Waals surface area contributed by atoms with Gasteiger partial charge >= 0.3 is 5.97 Å². The molecule has 0 aliphatic carbocycles. The number of pyridine rings is 1. The maximum atomic E-state index is 11.0. The number of carbonyl (C=O) groups is 1. The summed E-state index contributed by atoms with van der Waals surface area (Å²) in [5.74, 6) is -0.607. The number of aryl methyl sites for hydroxylation is 2. The largest absolute Gasteiger partial charge is 0.478 e. The smallest absolute Gasteiger partial charge is 0.337 e. The van der Waals surface area contributed by atoms with Gasteiger partial charge in [-0.05, 0) is 37.1 Å². The van der Waals surface area contributed by atoms with Crippen molar-refractivity contribution in [3.63, 3.8) is 0 Å². The maximum absolute atomic E-state index is 11.0. The molecule has 0 radical (unpaired) electrons. The lowest BCUT2D eigenvalue weighted by atomic mass is 10.1. The molecule has 5 heteroatoms.